The summed E-state index contributed by atoms with van der Waals surface area (Å²) in [5, 5.41) is 3.58. The van der Waals surface area contributed by atoms with E-state index in [4.69, 9.17) is 4.74 Å². The summed E-state index contributed by atoms with van der Waals surface area (Å²) in [6, 6.07) is 0.915. The van der Waals surface area contributed by atoms with Crippen molar-refractivity contribution in [2.75, 3.05) is 19.7 Å². The number of rotatable bonds is 4. The number of esters is 1. The molecular formula is C13H22N2O3Si. The van der Waals surface area contributed by atoms with E-state index in [1.54, 1.807) is 5.01 Å². The number of hydrogen-bond acceptors (Lipinski definition) is 4. The first-order chi connectivity index (χ1) is 8.79. The standard InChI is InChI=1S/C13H22N2O3Si/c1-10-12(16)15-9-11(5-6-14(10)15)13(17)18-7-8-19(2,3)4/h5,10H,6-9H2,1-4H3. The summed E-state index contributed by atoms with van der Waals surface area (Å²) in [7, 11) is -1.18. The molecule has 0 aromatic rings. The molecule has 0 aliphatic carbocycles. The van der Waals surface area contributed by atoms with Crippen molar-refractivity contribution in [1.29, 1.82) is 0 Å². The van der Waals surface area contributed by atoms with Crippen LogP contribution in [0.1, 0.15) is 6.92 Å². The second-order valence-electron chi connectivity index (χ2n) is 6.37. The molecule has 1 atom stereocenters. The van der Waals surface area contributed by atoms with Crippen molar-refractivity contribution < 1.29 is 14.3 Å². The van der Waals surface area contributed by atoms with Gasteiger partial charge in [-0.25, -0.2) is 9.80 Å². The third kappa shape index (κ3) is 3.06. The van der Waals surface area contributed by atoms with E-state index in [1.165, 1.54) is 0 Å². The molecule has 5 nitrogen and oxygen atoms in total. The maximum absolute atomic E-state index is 11.9. The maximum Gasteiger partial charge on any atom is 0.335 e. The smallest absolute Gasteiger partial charge is 0.335 e. The van der Waals surface area contributed by atoms with Gasteiger partial charge in [-0.2, -0.15) is 0 Å². The molecule has 106 valence electrons. The highest BCUT2D eigenvalue weighted by molar-refractivity contribution is 6.76. The highest BCUT2D eigenvalue weighted by atomic mass is 28.3. The zero-order valence-electron chi connectivity index (χ0n) is 12.1. The van der Waals surface area contributed by atoms with Gasteiger partial charge in [0.05, 0.1) is 18.7 Å². The fourth-order valence-corrected chi connectivity index (χ4v) is 2.88. The van der Waals surface area contributed by atoms with Crippen molar-refractivity contribution in [3.63, 3.8) is 0 Å². The molecule has 0 N–H and O–H groups in total. The van der Waals surface area contributed by atoms with Crippen LogP contribution in [0.3, 0.4) is 0 Å². The van der Waals surface area contributed by atoms with E-state index in [0.717, 1.165) is 6.04 Å². The van der Waals surface area contributed by atoms with Crippen molar-refractivity contribution in [3.8, 4) is 0 Å². The first-order valence-corrected chi connectivity index (χ1v) is 10.4. The minimum Gasteiger partial charge on any atom is -0.463 e. The Morgan fingerprint density at radius 3 is 2.79 bits per heavy atom. The Morgan fingerprint density at radius 2 is 2.16 bits per heavy atom. The van der Waals surface area contributed by atoms with Crippen molar-refractivity contribution in [2.45, 2.75) is 38.7 Å². The number of ether oxygens (including phenoxy) is 1. The Morgan fingerprint density at radius 1 is 1.47 bits per heavy atom. The number of nitrogens with zero attached hydrogens (tertiary/aromatic N) is 2. The number of fused-ring (bicyclic) bond motifs is 1. The monoisotopic (exact) mass is 282 g/mol. The third-order valence-electron chi connectivity index (χ3n) is 3.56. The summed E-state index contributed by atoms with van der Waals surface area (Å²) >= 11 is 0. The van der Waals surface area contributed by atoms with Crippen LogP contribution in [0.15, 0.2) is 11.6 Å². The van der Waals surface area contributed by atoms with Crippen LogP contribution in [0.25, 0.3) is 0 Å². The minimum atomic E-state index is -1.18. The fourth-order valence-electron chi connectivity index (χ4n) is 2.17. The predicted molar refractivity (Wildman–Crippen MR) is 75.1 cm³/mol. The summed E-state index contributed by atoms with van der Waals surface area (Å²) in [6.45, 7) is 10.1. The van der Waals surface area contributed by atoms with Crippen LogP contribution in [0, 0.1) is 0 Å². The third-order valence-corrected chi connectivity index (χ3v) is 5.27. The SMILES string of the molecule is CC1C(=O)N2CC(C(=O)OCC[Si](C)(C)C)=CCN12. The number of carbonyl (C=O) groups excluding carboxylic acids is 2. The van der Waals surface area contributed by atoms with Crippen LogP contribution in [-0.2, 0) is 14.3 Å². The molecule has 2 aliphatic heterocycles. The topological polar surface area (TPSA) is 49.9 Å². The second kappa shape index (κ2) is 5.09. The quantitative estimate of drug-likeness (QED) is 0.575. The van der Waals surface area contributed by atoms with Gasteiger partial charge in [-0.1, -0.05) is 25.7 Å². The van der Waals surface area contributed by atoms with E-state index in [9.17, 15) is 9.59 Å². The molecule has 0 spiro atoms. The highest BCUT2D eigenvalue weighted by Crippen LogP contribution is 2.25. The van der Waals surface area contributed by atoms with Gasteiger partial charge in [0, 0.05) is 14.6 Å². The molecule has 2 rings (SSSR count). The lowest BCUT2D eigenvalue weighted by atomic mass is 10.1. The molecule has 0 bridgehead atoms. The molecule has 0 saturated carbocycles. The Labute approximate surface area is 115 Å². The van der Waals surface area contributed by atoms with E-state index in [0.29, 0.717) is 25.3 Å². The van der Waals surface area contributed by atoms with Crippen LogP contribution < -0.4 is 0 Å². The van der Waals surface area contributed by atoms with Crippen LogP contribution in [-0.4, -0.2) is 55.7 Å². The van der Waals surface area contributed by atoms with Gasteiger partial charge >= 0.3 is 5.97 Å². The molecule has 2 aliphatic rings. The van der Waals surface area contributed by atoms with E-state index in [-0.39, 0.29) is 17.9 Å². The van der Waals surface area contributed by atoms with Crippen LogP contribution in [0.2, 0.25) is 25.7 Å². The number of hydrazine groups is 1. The largest absolute Gasteiger partial charge is 0.463 e. The molecule has 1 amide bonds. The summed E-state index contributed by atoms with van der Waals surface area (Å²) < 4.78 is 5.30. The first-order valence-electron chi connectivity index (χ1n) is 6.74. The van der Waals surface area contributed by atoms with Gasteiger partial charge in [0.25, 0.3) is 5.91 Å². The average molecular weight is 282 g/mol. The number of amides is 1. The molecule has 0 aromatic heterocycles. The molecule has 0 aromatic carbocycles. The summed E-state index contributed by atoms with van der Waals surface area (Å²) in [4.78, 5) is 23.5. The zero-order chi connectivity index (χ0) is 14.2. The Kier molecular flexibility index (Phi) is 3.82. The average Bonchev–Trinajstić information content (AvgIpc) is 2.35. The molecule has 1 saturated heterocycles. The van der Waals surface area contributed by atoms with Crippen molar-refractivity contribution in [2.24, 2.45) is 0 Å². The molecule has 1 fully saturated rings. The molecular weight excluding hydrogens is 260 g/mol. The van der Waals surface area contributed by atoms with Gasteiger partial charge in [0.15, 0.2) is 0 Å². The van der Waals surface area contributed by atoms with Gasteiger partial charge in [-0.3, -0.25) is 9.80 Å². The zero-order valence-corrected chi connectivity index (χ0v) is 13.1. The predicted octanol–water partition coefficient (Wildman–Crippen LogP) is 1.26. The lowest BCUT2D eigenvalue weighted by Crippen LogP contribution is -2.69. The van der Waals surface area contributed by atoms with Gasteiger partial charge in [-0.05, 0) is 13.0 Å². The fraction of sp³-hybridized carbons (Fsp3) is 0.692. The van der Waals surface area contributed by atoms with Crippen LogP contribution in [0.5, 0.6) is 0 Å². The lowest BCUT2D eigenvalue weighted by molar-refractivity contribution is -0.190. The van der Waals surface area contributed by atoms with E-state index in [2.05, 4.69) is 19.6 Å². The summed E-state index contributed by atoms with van der Waals surface area (Å²) in [5.41, 5.74) is 0.604. The second-order valence-corrected chi connectivity index (χ2v) is 12.0. The van der Waals surface area contributed by atoms with Crippen molar-refractivity contribution in [1.82, 2.24) is 10.0 Å². The van der Waals surface area contributed by atoms with Gasteiger partial charge in [0.2, 0.25) is 0 Å². The normalized spacial score (nSPS) is 23.6. The summed E-state index contributed by atoms with van der Waals surface area (Å²) in [5.74, 6) is -0.189. The van der Waals surface area contributed by atoms with Gasteiger partial charge in [0.1, 0.15) is 6.04 Å². The molecule has 1 unspecified atom stereocenters. The van der Waals surface area contributed by atoms with Gasteiger partial charge in [-0.15, -0.1) is 0 Å². The van der Waals surface area contributed by atoms with Crippen molar-refractivity contribution in [3.05, 3.63) is 11.6 Å². The van der Waals surface area contributed by atoms with Crippen molar-refractivity contribution >= 4 is 20.0 Å². The van der Waals surface area contributed by atoms with E-state index < -0.39 is 8.07 Å². The highest BCUT2D eigenvalue weighted by Gasteiger charge is 2.44. The van der Waals surface area contributed by atoms with Crippen LogP contribution >= 0.6 is 0 Å². The van der Waals surface area contributed by atoms with Gasteiger partial charge < -0.3 is 4.74 Å². The molecule has 6 heteroatoms. The van der Waals surface area contributed by atoms with Crippen LogP contribution in [0.4, 0.5) is 0 Å². The maximum atomic E-state index is 11.9. The van der Waals surface area contributed by atoms with E-state index in [1.807, 2.05) is 18.0 Å². The molecule has 2 heterocycles. The Bertz CT molecular complexity index is 428. The van der Waals surface area contributed by atoms with E-state index >= 15 is 0 Å². The first kappa shape index (κ1) is 14.3. The number of carbonyl (C=O) groups is 2. The molecule has 0 radical (unpaired) electrons. The minimum absolute atomic E-state index is 0.0549. The Hall–Kier alpha value is -1.14. The Balaban J connectivity index is 1.84. The lowest BCUT2D eigenvalue weighted by Gasteiger charge is -2.50. The summed E-state index contributed by atoms with van der Waals surface area (Å²) in [6.07, 6.45) is 1.87. The molecule has 19 heavy (non-hydrogen) atoms. The number of hydrogen-bond donors (Lipinski definition) is 0.